The van der Waals surface area contributed by atoms with Crippen LogP contribution in [-0.4, -0.2) is 30.8 Å². The van der Waals surface area contributed by atoms with E-state index in [1.807, 2.05) is 31.3 Å². The number of para-hydroxylation sites is 1. The van der Waals surface area contributed by atoms with E-state index in [2.05, 4.69) is 22.9 Å². The van der Waals surface area contributed by atoms with Gasteiger partial charge in [-0.05, 0) is 19.4 Å². The van der Waals surface area contributed by atoms with Crippen LogP contribution >= 0.6 is 0 Å². The molecule has 102 valence electrons. The highest BCUT2D eigenvalue weighted by molar-refractivity contribution is 5.94. The molecule has 0 spiro atoms. The number of hydrogen-bond acceptors (Lipinski definition) is 4. The summed E-state index contributed by atoms with van der Waals surface area (Å²) in [5.74, 6) is 0. The van der Waals surface area contributed by atoms with Crippen LogP contribution in [0.5, 0.6) is 0 Å². The van der Waals surface area contributed by atoms with Gasteiger partial charge in [-0.1, -0.05) is 18.2 Å². The van der Waals surface area contributed by atoms with Crippen LogP contribution in [0.25, 0.3) is 10.9 Å². The van der Waals surface area contributed by atoms with Crippen molar-refractivity contribution in [3.63, 3.8) is 0 Å². The summed E-state index contributed by atoms with van der Waals surface area (Å²) in [6.45, 7) is 2.87. The lowest BCUT2D eigenvalue weighted by molar-refractivity contribution is 0.118. The number of ether oxygens (including phenoxy) is 1. The van der Waals surface area contributed by atoms with Crippen LogP contribution in [0.4, 0.5) is 5.69 Å². The molecule has 1 aliphatic rings. The van der Waals surface area contributed by atoms with E-state index in [1.54, 1.807) is 6.20 Å². The third-order valence-corrected chi connectivity index (χ3v) is 4.05. The zero-order valence-electron chi connectivity index (χ0n) is 11.7. The van der Waals surface area contributed by atoms with E-state index in [4.69, 9.17) is 4.74 Å². The molecule has 2 heterocycles. The Morgan fingerprint density at radius 1 is 1.40 bits per heavy atom. The Kier molecular flexibility index (Phi) is 3.29. The molecular weight excluding hydrogens is 250 g/mol. The molecule has 0 bridgehead atoms. The van der Waals surface area contributed by atoms with E-state index in [0.29, 0.717) is 11.6 Å². The predicted octanol–water partition coefficient (Wildman–Crippen LogP) is 2.72. The molecule has 0 saturated carbocycles. The van der Waals surface area contributed by atoms with E-state index in [1.165, 1.54) is 0 Å². The zero-order chi connectivity index (χ0) is 14.1. The van der Waals surface area contributed by atoms with Gasteiger partial charge in [-0.15, -0.1) is 0 Å². The molecule has 4 nitrogen and oxygen atoms in total. The Balaban J connectivity index is 2.16. The van der Waals surface area contributed by atoms with Crippen molar-refractivity contribution in [3.05, 3.63) is 36.0 Å². The van der Waals surface area contributed by atoms with Crippen molar-refractivity contribution < 1.29 is 4.74 Å². The Hall–Kier alpha value is -2.12. The van der Waals surface area contributed by atoms with E-state index < -0.39 is 0 Å². The topological polar surface area (TPSA) is 49.1 Å². The van der Waals surface area contributed by atoms with Crippen molar-refractivity contribution in [3.8, 4) is 6.07 Å². The summed E-state index contributed by atoms with van der Waals surface area (Å²) in [6.07, 6.45) is 2.83. The Morgan fingerprint density at radius 2 is 2.20 bits per heavy atom. The first-order valence-corrected chi connectivity index (χ1v) is 6.84. The maximum atomic E-state index is 9.39. The molecule has 4 heteroatoms. The summed E-state index contributed by atoms with van der Waals surface area (Å²) in [4.78, 5) is 6.54. The minimum absolute atomic E-state index is 0.179. The van der Waals surface area contributed by atoms with Crippen LogP contribution in [0.2, 0.25) is 0 Å². The second-order valence-corrected chi connectivity index (χ2v) is 5.19. The van der Waals surface area contributed by atoms with E-state index in [9.17, 15) is 5.26 Å². The van der Waals surface area contributed by atoms with Gasteiger partial charge in [-0.2, -0.15) is 5.26 Å². The highest BCUT2D eigenvalue weighted by Crippen LogP contribution is 2.32. The van der Waals surface area contributed by atoms with Crippen LogP contribution in [0.15, 0.2) is 30.5 Å². The normalized spacial score (nSPS) is 21.9. The fourth-order valence-corrected chi connectivity index (χ4v) is 2.98. The molecule has 1 aliphatic heterocycles. The minimum Gasteiger partial charge on any atom is -0.376 e. The fourth-order valence-electron chi connectivity index (χ4n) is 2.98. The minimum atomic E-state index is 0.179. The summed E-state index contributed by atoms with van der Waals surface area (Å²) in [7, 11) is 2.04. The number of nitriles is 1. The molecular formula is C16H17N3O. The number of nitrogens with zero attached hydrogens (tertiary/aromatic N) is 3. The second-order valence-electron chi connectivity index (χ2n) is 5.19. The molecule has 0 radical (unpaired) electrons. The standard InChI is InChI=1S/C16H17N3O/c1-11-15(7-8-20-11)19(2)16-12(9-17)10-18-14-6-4-3-5-13(14)16/h3-6,10-11,15H,7-8H2,1-2H3. The van der Waals surface area contributed by atoms with Crippen molar-refractivity contribution >= 4 is 16.6 Å². The maximum Gasteiger partial charge on any atom is 0.103 e. The Morgan fingerprint density at radius 3 is 2.90 bits per heavy atom. The molecule has 1 fully saturated rings. The van der Waals surface area contributed by atoms with E-state index >= 15 is 0 Å². The van der Waals surface area contributed by atoms with Crippen LogP contribution in [-0.2, 0) is 4.74 Å². The SMILES string of the molecule is CC1OCCC1N(C)c1c(C#N)cnc2ccccc12. The molecule has 1 saturated heterocycles. The van der Waals surface area contributed by atoms with Crippen LogP contribution < -0.4 is 4.90 Å². The maximum absolute atomic E-state index is 9.39. The fraction of sp³-hybridized carbons (Fsp3) is 0.375. The zero-order valence-corrected chi connectivity index (χ0v) is 11.7. The lowest BCUT2D eigenvalue weighted by Crippen LogP contribution is -2.37. The Labute approximate surface area is 118 Å². The van der Waals surface area contributed by atoms with Gasteiger partial charge < -0.3 is 9.64 Å². The van der Waals surface area contributed by atoms with Gasteiger partial charge >= 0.3 is 0 Å². The van der Waals surface area contributed by atoms with Crippen LogP contribution in [0.3, 0.4) is 0 Å². The van der Waals surface area contributed by atoms with Crippen molar-refractivity contribution in [2.75, 3.05) is 18.6 Å². The second kappa shape index (κ2) is 5.10. The van der Waals surface area contributed by atoms with Crippen molar-refractivity contribution in [1.82, 2.24) is 4.98 Å². The van der Waals surface area contributed by atoms with E-state index in [0.717, 1.165) is 29.6 Å². The molecule has 2 unspecified atom stereocenters. The first kappa shape index (κ1) is 12.9. The first-order valence-electron chi connectivity index (χ1n) is 6.84. The number of likely N-dealkylation sites (N-methyl/N-ethyl adjacent to an activating group) is 1. The summed E-state index contributed by atoms with van der Waals surface area (Å²) in [5.41, 5.74) is 2.49. The lowest BCUT2D eigenvalue weighted by atomic mass is 10.0. The van der Waals surface area contributed by atoms with Crippen molar-refractivity contribution in [1.29, 1.82) is 5.26 Å². The summed E-state index contributed by atoms with van der Waals surface area (Å²) >= 11 is 0. The van der Waals surface area contributed by atoms with Crippen LogP contribution in [0.1, 0.15) is 18.9 Å². The smallest absolute Gasteiger partial charge is 0.103 e. The highest BCUT2D eigenvalue weighted by Gasteiger charge is 2.30. The van der Waals surface area contributed by atoms with Gasteiger partial charge in [0.25, 0.3) is 0 Å². The summed E-state index contributed by atoms with van der Waals surface area (Å²) < 4.78 is 5.65. The average Bonchev–Trinajstić information content (AvgIpc) is 2.91. The number of anilines is 1. The van der Waals surface area contributed by atoms with Crippen LogP contribution in [0, 0.1) is 11.3 Å². The predicted molar refractivity (Wildman–Crippen MR) is 78.7 cm³/mol. The van der Waals surface area contributed by atoms with Gasteiger partial charge in [0.1, 0.15) is 6.07 Å². The number of rotatable bonds is 2. The third kappa shape index (κ3) is 2.00. The van der Waals surface area contributed by atoms with Gasteiger partial charge in [0, 0.05) is 25.2 Å². The average molecular weight is 267 g/mol. The van der Waals surface area contributed by atoms with Gasteiger partial charge in [-0.3, -0.25) is 4.98 Å². The molecule has 1 aromatic carbocycles. The molecule has 0 amide bonds. The molecule has 0 aliphatic carbocycles. The molecule has 3 rings (SSSR count). The largest absolute Gasteiger partial charge is 0.376 e. The number of hydrogen-bond donors (Lipinski definition) is 0. The number of aromatic nitrogens is 1. The van der Waals surface area contributed by atoms with Gasteiger partial charge in [0.15, 0.2) is 0 Å². The summed E-state index contributed by atoms with van der Waals surface area (Å²) in [5, 5.41) is 10.4. The third-order valence-electron chi connectivity index (χ3n) is 4.05. The highest BCUT2D eigenvalue weighted by atomic mass is 16.5. The molecule has 0 N–H and O–H groups in total. The van der Waals surface area contributed by atoms with Gasteiger partial charge in [-0.25, -0.2) is 0 Å². The van der Waals surface area contributed by atoms with Gasteiger partial charge in [0.2, 0.25) is 0 Å². The lowest BCUT2D eigenvalue weighted by Gasteiger charge is -2.30. The molecule has 1 aromatic heterocycles. The first-order chi connectivity index (χ1) is 9.72. The van der Waals surface area contributed by atoms with Gasteiger partial charge in [0.05, 0.1) is 28.9 Å². The molecule has 2 atom stereocenters. The molecule has 2 aromatic rings. The monoisotopic (exact) mass is 267 g/mol. The molecule has 20 heavy (non-hydrogen) atoms. The number of fused-ring (bicyclic) bond motifs is 1. The van der Waals surface area contributed by atoms with Crippen molar-refractivity contribution in [2.45, 2.75) is 25.5 Å². The number of pyridine rings is 1. The van der Waals surface area contributed by atoms with E-state index in [-0.39, 0.29) is 6.10 Å². The summed E-state index contributed by atoms with van der Waals surface area (Å²) in [6, 6.07) is 10.5. The number of benzene rings is 1. The van der Waals surface area contributed by atoms with Crippen molar-refractivity contribution in [2.24, 2.45) is 0 Å². The Bertz CT molecular complexity index is 677. The quantitative estimate of drug-likeness (QED) is 0.839.